The predicted molar refractivity (Wildman–Crippen MR) is 91.8 cm³/mol. The summed E-state index contributed by atoms with van der Waals surface area (Å²) in [5.74, 6) is 1.53. The topological polar surface area (TPSA) is 87.3 Å². The molecule has 4 rings (SSSR count). The van der Waals surface area contributed by atoms with E-state index in [9.17, 15) is 4.79 Å². The van der Waals surface area contributed by atoms with Crippen molar-refractivity contribution in [3.8, 4) is 17.1 Å². The number of pyridine rings is 1. The first-order chi connectivity index (χ1) is 12.8. The van der Waals surface area contributed by atoms with Gasteiger partial charge in [0.1, 0.15) is 5.75 Å². The molecule has 7 nitrogen and oxygen atoms in total. The molecule has 0 N–H and O–H groups in total. The molecule has 0 fully saturated rings. The van der Waals surface area contributed by atoms with Gasteiger partial charge < -0.3 is 14.0 Å². The maximum absolute atomic E-state index is 12.1. The summed E-state index contributed by atoms with van der Waals surface area (Å²) in [6.45, 7) is 0.954. The van der Waals surface area contributed by atoms with E-state index in [-0.39, 0.29) is 12.6 Å². The molecule has 1 aliphatic rings. The SMILES string of the molecule is O=C(OCCCc1nc(-c2cccnc2)no1)c1ccc2c(c1)CCO2. The van der Waals surface area contributed by atoms with Gasteiger partial charge in [0.2, 0.25) is 11.7 Å². The van der Waals surface area contributed by atoms with E-state index in [2.05, 4.69) is 15.1 Å². The van der Waals surface area contributed by atoms with Crippen molar-refractivity contribution in [1.29, 1.82) is 0 Å². The van der Waals surface area contributed by atoms with Crippen LogP contribution in [0.2, 0.25) is 0 Å². The molecule has 0 amide bonds. The zero-order valence-corrected chi connectivity index (χ0v) is 14.1. The van der Waals surface area contributed by atoms with Crippen LogP contribution in [0.25, 0.3) is 11.4 Å². The molecular weight excluding hydrogens is 334 g/mol. The second kappa shape index (κ2) is 7.35. The molecule has 3 heterocycles. The molecular formula is C19H17N3O4. The van der Waals surface area contributed by atoms with Crippen molar-refractivity contribution in [2.75, 3.05) is 13.2 Å². The van der Waals surface area contributed by atoms with Gasteiger partial charge >= 0.3 is 5.97 Å². The molecule has 3 aromatic rings. The number of benzene rings is 1. The molecule has 0 bridgehead atoms. The molecule has 0 atom stereocenters. The number of carbonyl (C=O) groups excluding carboxylic acids is 1. The predicted octanol–water partition coefficient (Wildman–Crippen LogP) is 2.86. The Bertz CT molecular complexity index is 908. The van der Waals surface area contributed by atoms with Crippen molar-refractivity contribution in [3.05, 3.63) is 59.7 Å². The van der Waals surface area contributed by atoms with Crippen LogP contribution in [-0.4, -0.2) is 34.3 Å². The van der Waals surface area contributed by atoms with Gasteiger partial charge in [0.05, 0.1) is 18.8 Å². The van der Waals surface area contributed by atoms with Crippen LogP contribution >= 0.6 is 0 Å². The standard InChI is InChI=1S/C19H17N3O4/c23-19(14-5-6-16-13(11-14)7-10-24-16)25-9-2-4-17-21-18(22-26-17)15-3-1-8-20-12-15/h1,3,5-6,8,11-12H,2,4,7,9-10H2. The fraction of sp³-hybridized carbons (Fsp3) is 0.263. The summed E-state index contributed by atoms with van der Waals surface area (Å²) < 4.78 is 16.0. The molecule has 0 saturated heterocycles. The number of nitrogens with zero attached hydrogens (tertiary/aromatic N) is 3. The molecule has 2 aromatic heterocycles. The molecule has 1 aromatic carbocycles. The average molecular weight is 351 g/mol. The Morgan fingerprint density at radius 3 is 3.12 bits per heavy atom. The van der Waals surface area contributed by atoms with E-state index in [0.717, 1.165) is 23.3 Å². The van der Waals surface area contributed by atoms with Gasteiger partial charge in [0.15, 0.2) is 0 Å². The van der Waals surface area contributed by atoms with E-state index in [1.807, 2.05) is 24.3 Å². The van der Waals surface area contributed by atoms with Crippen molar-refractivity contribution in [3.63, 3.8) is 0 Å². The summed E-state index contributed by atoms with van der Waals surface area (Å²) in [6.07, 6.45) is 5.34. The zero-order valence-electron chi connectivity index (χ0n) is 14.1. The molecule has 0 saturated carbocycles. The summed E-state index contributed by atoms with van der Waals surface area (Å²) >= 11 is 0. The third-order valence-electron chi connectivity index (χ3n) is 4.08. The van der Waals surface area contributed by atoms with Crippen molar-refractivity contribution < 1.29 is 18.8 Å². The van der Waals surface area contributed by atoms with Gasteiger partial charge in [0, 0.05) is 30.8 Å². The number of rotatable bonds is 6. The second-order valence-electron chi connectivity index (χ2n) is 5.91. The molecule has 132 valence electrons. The van der Waals surface area contributed by atoms with Crippen LogP contribution in [0.4, 0.5) is 0 Å². The maximum atomic E-state index is 12.1. The molecule has 0 spiro atoms. The number of hydrogen-bond donors (Lipinski definition) is 0. The molecule has 0 aliphatic carbocycles. The number of ether oxygens (including phenoxy) is 2. The van der Waals surface area contributed by atoms with Gasteiger partial charge in [-0.1, -0.05) is 5.16 Å². The maximum Gasteiger partial charge on any atom is 0.338 e. The average Bonchev–Trinajstić information content (AvgIpc) is 3.34. The Morgan fingerprint density at radius 2 is 2.23 bits per heavy atom. The lowest BCUT2D eigenvalue weighted by Gasteiger charge is -2.05. The van der Waals surface area contributed by atoms with Crippen LogP contribution in [0.15, 0.2) is 47.2 Å². The van der Waals surface area contributed by atoms with E-state index in [1.165, 1.54) is 0 Å². The number of esters is 1. The Hall–Kier alpha value is -3.22. The first kappa shape index (κ1) is 16.3. The minimum atomic E-state index is -0.332. The highest BCUT2D eigenvalue weighted by molar-refractivity contribution is 5.90. The van der Waals surface area contributed by atoms with Crippen LogP contribution < -0.4 is 4.74 Å². The van der Waals surface area contributed by atoms with Gasteiger partial charge in [-0.15, -0.1) is 0 Å². The summed E-state index contributed by atoms with van der Waals surface area (Å²) in [7, 11) is 0. The monoisotopic (exact) mass is 351 g/mol. The number of carbonyl (C=O) groups is 1. The first-order valence-corrected chi connectivity index (χ1v) is 8.45. The van der Waals surface area contributed by atoms with E-state index in [1.54, 1.807) is 18.5 Å². The third kappa shape index (κ3) is 3.56. The van der Waals surface area contributed by atoms with Crippen molar-refractivity contribution in [2.45, 2.75) is 19.3 Å². The Morgan fingerprint density at radius 1 is 1.27 bits per heavy atom. The van der Waals surface area contributed by atoms with Gasteiger partial charge in [-0.05, 0) is 42.3 Å². The molecule has 1 aliphatic heterocycles. The van der Waals surface area contributed by atoms with Crippen molar-refractivity contribution in [1.82, 2.24) is 15.1 Å². The summed E-state index contributed by atoms with van der Waals surface area (Å²) in [5.41, 5.74) is 2.40. The van der Waals surface area contributed by atoms with Crippen LogP contribution in [0.5, 0.6) is 5.75 Å². The highest BCUT2D eigenvalue weighted by Crippen LogP contribution is 2.26. The summed E-state index contributed by atoms with van der Waals surface area (Å²) in [4.78, 5) is 20.5. The van der Waals surface area contributed by atoms with Crippen LogP contribution in [-0.2, 0) is 17.6 Å². The highest BCUT2D eigenvalue weighted by atomic mass is 16.5. The second-order valence-corrected chi connectivity index (χ2v) is 5.91. The lowest BCUT2D eigenvalue weighted by atomic mass is 10.1. The quantitative estimate of drug-likeness (QED) is 0.498. The molecule has 0 unspecified atom stereocenters. The van der Waals surface area contributed by atoms with Gasteiger partial charge in [-0.2, -0.15) is 4.98 Å². The highest BCUT2D eigenvalue weighted by Gasteiger charge is 2.16. The zero-order chi connectivity index (χ0) is 17.8. The minimum absolute atomic E-state index is 0.289. The lowest BCUT2D eigenvalue weighted by Crippen LogP contribution is -2.07. The van der Waals surface area contributed by atoms with E-state index >= 15 is 0 Å². The van der Waals surface area contributed by atoms with Crippen molar-refractivity contribution in [2.24, 2.45) is 0 Å². The van der Waals surface area contributed by atoms with E-state index in [0.29, 0.717) is 36.7 Å². The summed E-state index contributed by atoms with van der Waals surface area (Å²) in [6, 6.07) is 9.06. The van der Waals surface area contributed by atoms with Gasteiger partial charge in [-0.25, -0.2) is 4.79 Å². The van der Waals surface area contributed by atoms with E-state index in [4.69, 9.17) is 14.0 Å². The van der Waals surface area contributed by atoms with Crippen molar-refractivity contribution >= 4 is 5.97 Å². The third-order valence-corrected chi connectivity index (χ3v) is 4.08. The van der Waals surface area contributed by atoms with Crippen LogP contribution in [0.1, 0.15) is 28.2 Å². The smallest absolute Gasteiger partial charge is 0.338 e. The van der Waals surface area contributed by atoms with Crippen LogP contribution in [0, 0.1) is 0 Å². The summed E-state index contributed by atoms with van der Waals surface area (Å²) in [5, 5.41) is 3.94. The lowest BCUT2D eigenvalue weighted by molar-refractivity contribution is 0.0498. The number of aromatic nitrogens is 3. The molecule has 26 heavy (non-hydrogen) atoms. The fourth-order valence-corrected chi connectivity index (χ4v) is 2.75. The first-order valence-electron chi connectivity index (χ1n) is 8.45. The van der Waals surface area contributed by atoms with Gasteiger partial charge in [0.25, 0.3) is 0 Å². The number of fused-ring (bicyclic) bond motifs is 1. The Labute approximate surface area is 150 Å². The van der Waals surface area contributed by atoms with Crippen LogP contribution in [0.3, 0.4) is 0 Å². The normalized spacial score (nSPS) is 12.5. The van der Waals surface area contributed by atoms with E-state index < -0.39 is 0 Å². The van der Waals surface area contributed by atoms with Gasteiger partial charge in [-0.3, -0.25) is 4.98 Å². The molecule has 0 radical (unpaired) electrons. The fourth-order valence-electron chi connectivity index (χ4n) is 2.75. The Kier molecular flexibility index (Phi) is 4.59. The molecule has 7 heteroatoms. The number of hydrogen-bond acceptors (Lipinski definition) is 7. The largest absolute Gasteiger partial charge is 0.493 e. The Balaban J connectivity index is 1.26. The number of aryl methyl sites for hydroxylation is 1. The minimum Gasteiger partial charge on any atom is -0.493 e.